The van der Waals surface area contributed by atoms with Crippen LogP contribution in [-0.2, 0) is 17.6 Å². The third-order valence-electron chi connectivity index (χ3n) is 4.39. The van der Waals surface area contributed by atoms with Gasteiger partial charge >= 0.3 is 0 Å². The Balaban J connectivity index is 0.00000300. The van der Waals surface area contributed by atoms with Crippen LogP contribution >= 0.6 is 12.4 Å². The van der Waals surface area contributed by atoms with Gasteiger partial charge in [-0.3, -0.25) is 15.0 Å². The summed E-state index contributed by atoms with van der Waals surface area (Å²) in [6.07, 6.45) is 6.36. The first kappa shape index (κ1) is 22.7. The van der Waals surface area contributed by atoms with Crippen LogP contribution in [0.2, 0.25) is 0 Å². The van der Waals surface area contributed by atoms with Crippen LogP contribution in [0.4, 0.5) is 4.39 Å². The van der Waals surface area contributed by atoms with Crippen molar-refractivity contribution in [1.82, 2.24) is 15.0 Å². The predicted molar refractivity (Wildman–Crippen MR) is 112 cm³/mol. The Hall–Kier alpha value is -2.57. The fraction of sp³-hybridized carbons (Fsp3) is 0.318. The quantitative estimate of drug-likeness (QED) is 0.483. The lowest BCUT2D eigenvalue weighted by Crippen LogP contribution is -2.08. The van der Waals surface area contributed by atoms with E-state index in [0.717, 1.165) is 34.8 Å². The predicted octanol–water partition coefficient (Wildman–Crippen LogP) is 4.39. The van der Waals surface area contributed by atoms with Crippen molar-refractivity contribution < 1.29 is 13.9 Å². The molecule has 5 nitrogen and oxygen atoms in total. The lowest BCUT2D eigenvalue weighted by molar-refractivity contribution is 0.146. The van der Waals surface area contributed by atoms with Crippen molar-refractivity contribution in [2.45, 2.75) is 25.7 Å². The van der Waals surface area contributed by atoms with Crippen molar-refractivity contribution in [2.24, 2.45) is 0 Å². The molecule has 0 saturated heterocycles. The van der Waals surface area contributed by atoms with Gasteiger partial charge in [-0.2, -0.15) is 0 Å². The van der Waals surface area contributed by atoms with Crippen LogP contribution in [0.3, 0.4) is 0 Å². The van der Waals surface area contributed by atoms with Gasteiger partial charge in [0.05, 0.1) is 18.0 Å². The van der Waals surface area contributed by atoms with E-state index in [1.165, 1.54) is 12.1 Å². The summed E-state index contributed by atoms with van der Waals surface area (Å²) in [7, 11) is 1.64. The summed E-state index contributed by atoms with van der Waals surface area (Å²) in [6.45, 7) is 3.09. The minimum absolute atomic E-state index is 0. The monoisotopic (exact) mass is 417 g/mol. The zero-order valence-corrected chi connectivity index (χ0v) is 17.4. The van der Waals surface area contributed by atoms with E-state index in [2.05, 4.69) is 16.9 Å². The lowest BCUT2D eigenvalue weighted by Gasteiger charge is -2.14. The molecule has 0 saturated carbocycles. The first-order valence-electron chi connectivity index (χ1n) is 9.26. The van der Waals surface area contributed by atoms with E-state index < -0.39 is 0 Å². The van der Waals surface area contributed by atoms with Crippen LogP contribution in [0.5, 0.6) is 5.75 Å². The second-order valence-corrected chi connectivity index (χ2v) is 6.66. The Labute approximate surface area is 176 Å². The van der Waals surface area contributed by atoms with Crippen molar-refractivity contribution >= 4 is 12.4 Å². The number of hydrogen-bond donors (Lipinski definition) is 0. The van der Waals surface area contributed by atoms with Gasteiger partial charge in [0.25, 0.3) is 0 Å². The molecule has 2 heterocycles. The van der Waals surface area contributed by atoms with E-state index in [1.54, 1.807) is 25.7 Å². The topological polar surface area (TPSA) is 57.1 Å². The SMILES string of the molecule is COCCOc1cc(Cc2cnccn2)nc(C[C@@H](C)c2ccc(F)cc2)c1.Cl. The van der Waals surface area contributed by atoms with E-state index in [4.69, 9.17) is 14.5 Å². The number of ether oxygens (including phenoxy) is 2. The molecule has 0 radical (unpaired) electrons. The normalized spacial score (nSPS) is 11.6. The molecule has 3 aromatic rings. The highest BCUT2D eigenvalue weighted by molar-refractivity contribution is 5.85. The summed E-state index contributed by atoms with van der Waals surface area (Å²) in [6, 6.07) is 10.5. The van der Waals surface area contributed by atoms with E-state index in [0.29, 0.717) is 19.6 Å². The maximum absolute atomic E-state index is 13.2. The fourth-order valence-corrected chi connectivity index (χ4v) is 2.97. The average molecular weight is 418 g/mol. The Bertz CT molecular complexity index is 879. The highest BCUT2D eigenvalue weighted by atomic mass is 35.5. The van der Waals surface area contributed by atoms with Gasteiger partial charge in [0, 0.05) is 49.9 Å². The lowest BCUT2D eigenvalue weighted by atomic mass is 9.95. The van der Waals surface area contributed by atoms with Gasteiger partial charge in [-0.1, -0.05) is 19.1 Å². The number of hydrogen-bond acceptors (Lipinski definition) is 5. The molecule has 0 bridgehead atoms. The molecule has 0 N–H and O–H groups in total. The van der Waals surface area contributed by atoms with Crippen LogP contribution in [0.15, 0.2) is 55.0 Å². The first-order valence-corrected chi connectivity index (χ1v) is 9.26. The van der Waals surface area contributed by atoms with Crippen molar-refractivity contribution in [2.75, 3.05) is 20.3 Å². The van der Waals surface area contributed by atoms with E-state index in [1.807, 2.05) is 24.3 Å². The molecule has 3 rings (SSSR count). The maximum Gasteiger partial charge on any atom is 0.123 e. The third kappa shape index (κ3) is 7.07. The molecule has 0 aliphatic heterocycles. The van der Waals surface area contributed by atoms with Crippen LogP contribution in [0.1, 0.15) is 35.5 Å². The number of pyridine rings is 1. The van der Waals surface area contributed by atoms with E-state index in [9.17, 15) is 4.39 Å². The van der Waals surface area contributed by atoms with E-state index in [-0.39, 0.29) is 24.1 Å². The molecule has 154 valence electrons. The van der Waals surface area contributed by atoms with Gasteiger partial charge in [-0.25, -0.2) is 4.39 Å². The van der Waals surface area contributed by atoms with Gasteiger partial charge in [0.1, 0.15) is 18.2 Å². The summed E-state index contributed by atoms with van der Waals surface area (Å²) < 4.78 is 24.1. The molecular weight excluding hydrogens is 393 g/mol. The van der Waals surface area contributed by atoms with Gasteiger partial charge < -0.3 is 9.47 Å². The fourth-order valence-electron chi connectivity index (χ4n) is 2.97. The van der Waals surface area contributed by atoms with Crippen LogP contribution < -0.4 is 4.74 Å². The Morgan fingerprint density at radius 1 is 1.00 bits per heavy atom. The van der Waals surface area contributed by atoms with Crippen molar-refractivity contribution in [1.29, 1.82) is 0 Å². The number of nitrogens with zero attached hydrogens (tertiary/aromatic N) is 3. The largest absolute Gasteiger partial charge is 0.491 e. The highest BCUT2D eigenvalue weighted by Crippen LogP contribution is 2.23. The van der Waals surface area contributed by atoms with Crippen LogP contribution in [0.25, 0.3) is 0 Å². The van der Waals surface area contributed by atoms with Gasteiger partial charge in [-0.05, 0) is 30.0 Å². The molecule has 0 spiro atoms. The summed E-state index contributed by atoms with van der Waals surface area (Å²) in [5.41, 5.74) is 3.72. The van der Waals surface area contributed by atoms with Crippen molar-refractivity contribution in [3.05, 3.63) is 83.5 Å². The van der Waals surface area contributed by atoms with Gasteiger partial charge in [0.2, 0.25) is 0 Å². The molecule has 1 atom stereocenters. The van der Waals surface area contributed by atoms with Crippen LogP contribution in [0, 0.1) is 5.82 Å². The van der Waals surface area contributed by atoms with Gasteiger partial charge in [-0.15, -0.1) is 12.4 Å². The number of benzene rings is 1. The Morgan fingerprint density at radius 3 is 2.45 bits per heavy atom. The number of aromatic nitrogens is 3. The molecule has 0 amide bonds. The minimum atomic E-state index is -0.228. The zero-order chi connectivity index (χ0) is 19.8. The Morgan fingerprint density at radius 2 is 1.76 bits per heavy atom. The standard InChI is InChI=1S/C22H24FN3O2.ClH/c1-16(17-3-5-18(23)6-4-17)11-19-13-22(28-10-9-27-2)14-20(26-19)12-21-15-24-7-8-25-21;/h3-8,13-16H,9-12H2,1-2H3;1H/t16-;/m1./s1. The summed E-state index contributed by atoms with van der Waals surface area (Å²) in [4.78, 5) is 13.2. The second kappa shape index (κ2) is 11.4. The number of rotatable bonds is 9. The molecule has 0 aliphatic carbocycles. The molecule has 0 aliphatic rings. The molecule has 0 fully saturated rings. The van der Waals surface area contributed by atoms with Crippen molar-refractivity contribution in [3.63, 3.8) is 0 Å². The minimum Gasteiger partial charge on any atom is -0.491 e. The molecule has 0 unspecified atom stereocenters. The molecular formula is C22H25ClFN3O2. The van der Waals surface area contributed by atoms with E-state index >= 15 is 0 Å². The molecule has 7 heteroatoms. The third-order valence-corrected chi connectivity index (χ3v) is 4.39. The Kier molecular flexibility index (Phi) is 8.96. The van der Waals surface area contributed by atoms with Crippen LogP contribution in [-0.4, -0.2) is 35.3 Å². The summed E-state index contributed by atoms with van der Waals surface area (Å²) >= 11 is 0. The maximum atomic E-state index is 13.2. The second-order valence-electron chi connectivity index (χ2n) is 6.66. The average Bonchev–Trinajstić information content (AvgIpc) is 2.69. The number of methoxy groups -OCH3 is 1. The van der Waals surface area contributed by atoms with Crippen molar-refractivity contribution in [3.8, 4) is 5.75 Å². The summed E-state index contributed by atoms with van der Waals surface area (Å²) in [5, 5.41) is 0. The molecule has 29 heavy (non-hydrogen) atoms. The molecule has 1 aromatic carbocycles. The van der Waals surface area contributed by atoms with Gasteiger partial charge in [0.15, 0.2) is 0 Å². The first-order chi connectivity index (χ1) is 13.6. The highest BCUT2D eigenvalue weighted by Gasteiger charge is 2.12. The smallest absolute Gasteiger partial charge is 0.123 e. The number of halogens is 2. The zero-order valence-electron chi connectivity index (χ0n) is 16.5. The molecule has 2 aromatic heterocycles. The summed E-state index contributed by atoms with van der Waals surface area (Å²) in [5.74, 6) is 0.729.